The molecule has 0 bridgehead atoms. The zero-order valence-electron chi connectivity index (χ0n) is 5.61. The van der Waals surface area contributed by atoms with Crippen molar-refractivity contribution in [2.75, 3.05) is 7.11 Å². The summed E-state index contributed by atoms with van der Waals surface area (Å²) < 4.78 is 4.89. The Bertz CT molecular complexity index is 218. The number of methoxy groups -OCH3 is 1. The normalized spacial score (nSPS) is 8.90. The molecular weight excluding hydrogens is 128 g/mol. The number of nitrogens with zero attached hydrogens (tertiary/aromatic N) is 2. The van der Waals surface area contributed by atoms with Gasteiger partial charge in [0, 0.05) is 5.69 Å². The largest absolute Gasteiger partial charge is 0.706 e. The lowest BCUT2D eigenvalue weighted by molar-refractivity contribution is 0.415. The first-order valence-corrected chi connectivity index (χ1v) is 2.86. The summed E-state index contributed by atoms with van der Waals surface area (Å²) in [6, 6.07) is 6.79. The molecule has 1 aromatic carbocycles. The predicted molar refractivity (Wildman–Crippen MR) is 38.4 cm³/mol. The van der Waals surface area contributed by atoms with Crippen LogP contribution in [0.1, 0.15) is 0 Å². The number of ether oxygens (including phenoxy) is 1. The molecule has 0 amide bonds. The van der Waals surface area contributed by atoms with E-state index < -0.39 is 0 Å². The van der Waals surface area contributed by atoms with Gasteiger partial charge in [-0.05, 0) is 24.3 Å². The van der Waals surface area contributed by atoms with Crippen molar-refractivity contribution in [1.82, 2.24) is 0 Å². The number of benzene rings is 1. The fourth-order valence-corrected chi connectivity index (χ4v) is 0.649. The average molecular weight is 135 g/mol. The van der Waals surface area contributed by atoms with Crippen LogP contribution in [-0.2, 0) is 0 Å². The third-order valence-electron chi connectivity index (χ3n) is 1.19. The fraction of sp³-hybridized carbons (Fsp3) is 0.143. The van der Waals surface area contributed by atoms with Crippen LogP contribution in [0.5, 0.6) is 5.75 Å². The Morgan fingerprint density at radius 2 is 1.90 bits per heavy atom. The van der Waals surface area contributed by atoms with Crippen molar-refractivity contribution in [2.24, 2.45) is 5.11 Å². The van der Waals surface area contributed by atoms with E-state index in [0.717, 1.165) is 5.75 Å². The van der Waals surface area contributed by atoms with E-state index in [4.69, 9.17) is 10.3 Å². The third kappa shape index (κ3) is 1.31. The maximum atomic E-state index is 8.29. The van der Waals surface area contributed by atoms with Crippen molar-refractivity contribution in [3.8, 4) is 5.75 Å². The first kappa shape index (κ1) is 6.74. The van der Waals surface area contributed by atoms with Crippen LogP contribution in [0.25, 0.3) is 5.53 Å². The maximum absolute atomic E-state index is 8.29. The Balaban J connectivity index is 2.90. The van der Waals surface area contributed by atoms with Crippen LogP contribution < -0.4 is 4.74 Å². The zero-order chi connectivity index (χ0) is 7.40. The minimum atomic E-state index is 0.529. The Morgan fingerprint density at radius 1 is 1.30 bits per heavy atom. The van der Waals surface area contributed by atoms with Gasteiger partial charge < -0.3 is 15.4 Å². The molecule has 0 unspecified atom stereocenters. The summed E-state index contributed by atoms with van der Waals surface area (Å²) in [5, 5.41) is 2.99. The van der Waals surface area contributed by atoms with Gasteiger partial charge in [0.1, 0.15) is 5.75 Å². The highest BCUT2D eigenvalue weighted by atomic mass is 16.5. The number of hydrogen-bond donors (Lipinski definition) is 0. The minimum absolute atomic E-state index is 0.529. The van der Waals surface area contributed by atoms with Crippen LogP contribution >= 0.6 is 0 Å². The van der Waals surface area contributed by atoms with Crippen LogP contribution in [-0.4, -0.2) is 7.11 Å². The molecule has 10 heavy (non-hydrogen) atoms. The van der Waals surface area contributed by atoms with Crippen molar-refractivity contribution < 1.29 is 4.74 Å². The van der Waals surface area contributed by atoms with Gasteiger partial charge >= 0.3 is 0 Å². The molecule has 0 radical (unpaired) electrons. The summed E-state index contributed by atoms with van der Waals surface area (Å²) in [4.78, 5) is 0. The van der Waals surface area contributed by atoms with E-state index in [2.05, 4.69) is 5.11 Å². The van der Waals surface area contributed by atoms with E-state index in [1.54, 1.807) is 31.4 Å². The van der Waals surface area contributed by atoms with Gasteiger partial charge in [0.25, 0.3) is 0 Å². The molecule has 0 saturated carbocycles. The molecule has 0 saturated heterocycles. The Kier molecular flexibility index (Phi) is 1.99. The molecule has 1 aromatic rings. The van der Waals surface area contributed by atoms with E-state index in [-0.39, 0.29) is 0 Å². The van der Waals surface area contributed by atoms with E-state index >= 15 is 0 Å². The van der Waals surface area contributed by atoms with Crippen molar-refractivity contribution >= 4 is 5.69 Å². The zero-order valence-corrected chi connectivity index (χ0v) is 5.61. The van der Waals surface area contributed by atoms with Crippen LogP contribution in [0.15, 0.2) is 29.4 Å². The van der Waals surface area contributed by atoms with Crippen LogP contribution in [0, 0.1) is 0 Å². The fourth-order valence-electron chi connectivity index (χ4n) is 0.649. The highest BCUT2D eigenvalue weighted by Gasteiger charge is 1.86. The van der Waals surface area contributed by atoms with E-state index in [1.807, 2.05) is 0 Å². The molecule has 0 aliphatic rings. The lowest BCUT2D eigenvalue weighted by Gasteiger charge is -1.99. The third-order valence-corrected chi connectivity index (χ3v) is 1.19. The molecular formula is C7H7N2O-. The highest BCUT2D eigenvalue weighted by molar-refractivity contribution is 5.40. The molecule has 1 rings (SSSR count). The SMILES string of the molecule is COc1ccc(N=[N-])cc1. The molecule has 0 spiro atoms. The molecule has 0 fully saturated rings. The summed E-state index contributed by atoms with van der Waals surface area (Å²) in [5.74, 6) is 0.757. The molecule has 0 atom stereocenters. The first-order chi connectivity index (χ1) is 4.86. The van der Waals surface area contributed by atoms with Crippen LogP contribution in [0.4, 0.5) is 5.69 Å². The van der Waals surface area contributed by atoms with Gasteiger partial charge in [-0.25, -0.2) is 0 Å². The van der Waals surface area contributed by atoms with Gasteiger partial charge in [-0.1, -0.05) is 0 Å². The molecule has 3 nitrogen and oxygen atoms in total. The van der Waals surface area contributed by atoms with Gasteiger partial charge in [0.2, 0.25) is 0 Å². The summed E-state index contributed by atoms with van der Waals surface area (Å²) >= 11 is 0. The first-order valence-electron chi connectivity index (χ1n) is 2.86. The van der Waals surface area contributed by atoms with Gasteiger partial charge in [0.05, 0.1) is 7.11 Å². The summed E-state index contributed by atoms with van der Waals surface area (Å²) in [5.41, 5.74) is 8.81. The average Bonchev–Trinajstić information content (AvgIpc) is 2.05. The Morgan fingerprint density at radius 3 is 2.30 bits per heavy atom. The van der Waals surface area contributed by atoms with E-state index in [0.29, 0.717) is 5.69 Å². The lowest BCUT2D eigenvalue weighted by Crippen LogP contribution is -1.79. The van der Waals surface area contributed by atoms with Gasteiger partial charge in [-0.2, -0.15) is 0 Å². The minimum Gasteiger partial charge on any atom is -0.706 e. The molecule has 3 heteroatoms. The Hall–Kier alpha value is -1.38. The number of rotatable bonds is 2. The van der Waals surface area contributed by atoms with Crippen LogP contribution in [0.3, 0.4) is 0 Å². The van der Waals surface area contributed by atoms with Crippen molar-refractivity contribution in [1.29, 1.82) is 0 Å². The van der Waals surface area contributed by atoms with Crippen molar-refractivity contribution in [3.63, 3.8) is 0 Å². The molecule has 52 valence electrons. The smallest absolute Gasteiger partial charge is 0.119 e. The Labute approximate surface area is 59.1 Å². The van der Waals surface area contributed by atoms with Gasteiger partial charge in [-0.15, -0.1) is 0 Å². The maximum Gasteiger partial charge on any atom is 0.119 e. The standard InChI is InChI=1S/C7H7N2O/c1-10-7-4-2-6(9-8)3-5-7/h2-5H,1H3/q-1. The molecule has 0 aliphatic heterocycles. The highest BCUT2D eigenvalue weighted by Crippen LogP contribution is 2.16. The van der Waals surface area contributed by atoms with Gasteiger partial charge in [-0.3, -0.25) is 0 Å². The summed E-state index contributed by atoms with van der Waals surface area (Å²) in [6.45, 7) is 0. The second kappa shape index (κ2) is 2.96. The number of hydrogen-bond acceptors (Lipinski definition) is 2. The van der Waals surface area contributed by atoms with E-state index in [9.17, 15) is 0 Å². The van der Waals surface area contributed by atoms with Crippen molar-refractivity contribution in [2.45, 2.75) is 0 Å². The predicted octanol–water partition coefficient (Wildman–Crippen LogP) is 2.35. The van der Waals surface area contributed by atoms with Gasteiger partial charge in [0.15, 0.2) is 0 Å². The summed E-state index contributed by atoms with van der Waals surface area (Å²) in [6.07, 6.45) is 0. The van der Waals surface area contributed by atoms with E-state index in [1.165, 1.54) is 0 Å². The molecule has 0 aromatic heterocycles. The van der Waals surface area contributed by atoms with Crippen LogP contribution in [0.2, 0.25) is 0 Å². The quantitative estimate of drug-likeness (QED) is 0.574. The lowest BCUT2D eigenvalue weighted by atomic mass is 10.3. The second-order valence-electron chi connectivity index (χ2n) is 1.80. The molecule has 0 aliphatic carbocycles. The summed E-state index contributed by atoms with van der Waals surface area (Å²) in [7, 11) is 1.59. The molecule has 0 N–H and O–H groups in total. The van der Waals surface area contributed by atoms with Crippen molar-refractivity contribution in [3.05, 3.63) is 29.8 Å². The monoisotopic (exact) mass is 135 g/mol. The second-order valence-corrected chi connectivity index (χ2v) is 1.80. The topological polar surface area (TPSA) is 43.9 Å². The molecule has 0 heterocycles.